The predicted octanol–water partition coefficient (Wildman–Crippen LogP) is 2.89. The fourth-order valence-corrected chi connectivity index (χ4v) is 5.22. The normalized spacial score (nSPS) is 10.5. The molecule has 0 radical (unpaired) electrons. The van der Waals surface area contributed by atoms with E-state index in [-0.39, 0.29) is 5.24 Å². The second-order valence-electron chi connectivity index (χ2n) is 3.69. The van der Waals surface area contributed by atoms with E-state index in [1.807, 2.05) is 36.4 Å². The van der Waals surface area contributed by atoms with E-state index in [9.17, 15) is 4.79 Å². The van der Waals surface area contributed by atoms with Crippen LogP contribution in [0, 0.1) is 0 Å². The second-order valence-corrected chi connectivity index (χ2v) is 7.30. The minimum Gasteiger partial charge on any atom is -0.361 e. The van der Waals surface area contributed by atoms with Crippen molar-refractivity contribution in [3.8, 4) is 0 Å². The molecular formula is C14H14NOPS. The number of hydrogen-bond donors (Lipinski definition) is 1. The van der Waals surface area contributed by atoms with E-state index in [0.717, 1.165) is 5.49 Å². The average Bonchev–Trinajstić information content (AvgIpc) is 2.41. The summed E-state index contributed by atoms with van der Waals surface area (Å²) in [5, 5.41) is 2.23. The van der Waals surface area contributed by atoms with E-state index in [1.165, 1.54) is 22.4 Å². The van der Waals surface area contributed by atoms with Gasteiger partial charge in [0.2, 0.25) is 0 Å². The second kappa shape index (κ2) is 6.58. The van der Waals surface area contributed by atoms with Gasteiger partial charge in [-0.05, 0) is 18.5 Å². The van der Waals surface area contributed by atoms with Crippen LogP contribution in [0.1, 0.15) is 0 Å². The van der Waals surface area contributed by atoms with E-state index >= 15 is 0 Å². The van der Waals surface area contributed by atoms with Gasteiger partial charge in [-0.25, -0.2) is 0 Å². The number of benzene rings is 2. The number of nitrogens with two attached hydrogens (primary N) is 1. The molecule has 0 aromatic heterocycles. The quantitative estimate of drug-likeness (QED) is 0.872. The SMILES string of the molecule is NC(=O)SCP(c1ccccc1)c1ccccc1. The summed E-state index contributed by atoms with van der Waals surface area (Å²) in [5.74, 6) is 0. The molecule has 0 aliphatic heterocycles. The molecule has 2 aromatic carbocycles. The molecule has 0 fully saturated rings. The molecular weight excluding hydrogens is 261 g/mol. The number of amides is 1. The Hall–Kier alpha value is -1.31. The molecule has 0 spiro atoms. The highest BCUT2D eigenvalue weighted by Gasteiger charge is 2.14. The number of carbonyl (C=O) groups is 1. The Kier molecular flexibility index (Phi) is 4.80. The average molecular weight is 275 g/mol. The van der Waals surface area contributed by atoms with Crippen LogP contribution < -0.4 is 16.3 Å². The van der Waals surface area contributed by atoms with Crippen molar-refractivity contribution in [2.75, 3.05) is 5.49 Å². The molecule has 2 nitrogen and oxygen atoms in total. The first-order chi connectivity index (χ1) is 8.77. The summed E-state index contributed by atoms with van der Waals surface area (Å²) < 4.78 is 0. The van der Waals surface area contributed by atoms with E-state index in [2.05, 4.69) is 24.3 Å². The molecule has 1 amide bonds. The molecule has 92 valence electrons. The molecule has 0 saturated heterocycles. The van der Waals surface area contributed by atoms with Crippen molar-refractivity contribution in [2.24, 2.45) is 5.73 Å². The molecule has 4 heteroatoms. The van der Waals surface area contributed by atoms with Gasteiger partial charge in [0, 0.05) is 5.49 Å². The number of thioether (sulfide) groups is 1. The maximum Gasteiger partial charge on any atom is 0.276 e. The lowest BCUT2D eigenvalue weighted by molar-refractivity contribution is 0.267. The van der Waals surface area contributed by atoms with Gasteiger partial charge >= 0.3 is 0 Å². The highest BCUT2D eigenvalue weighted by atomic mass is 32.2. The summed E-state index contributed by atoms with van der Waals surface area (Å²) in [7, 11) is -0.521. The van der Waals surface area contributed by atoms with Crippen LogP contribution in [-0.4, -0.2) is 10.7 Å². The summed E-state index contributed by atoms with van der Waals surface area (Å²) in [5.41, 5.74) is 5.97. The summed E-state index contributed by atoms with van der Waals surface area (Å²) >= 11 is 1.20. The maximum atomic E-state index is 11.0. The van der Waals surface area contributed by atoms with E-state index in [0.29, 0.717) is 0 Å². The Morgan fingerprint density at radius 3 is 1.78 bits per heavy atom. The third-order valence-corrected chi connectivity index (χ3v) is 6.15. The molecule has 2 rings (SSSR count). The maximum absolute atomic E-state index is 11.0. The fraction of sp³-hybridized carbons (Fsp3) is 0.0714. The molecule has 2 aromatic rings. The minimum absolute atomic E-state index is 0.311. The first-order valence-electron chi connectivity index (χ1n) is 5.57. The third-order valence-electron chi connectivity index (χ3n) is 2.47. The van der Waals surface area contributed by atoms with Crippen LogP contribution in [0.4, 0.5) is 4.79 Å². The zero-order valence-electron chi connectivity index (χ0n) is 9.82. The van der Waals surface area contributed by atoms with Gasteiger partial charge in [0.15, 0.2) is 0 Å². The van der Waals surface area contributed by atoms with Gasteiger partial charge < -0.3 is 5.73 Å². The van der Waals surface area contributed by atoms with Gasteiger partial charge in [-0.2, -0.15) is 0 Å². The molecule has 0 heterocycles. The van der Waals surface area contributed by atoms with E-state index in [4.69, 9.17) is 5.73 Å². The van der Waals surface area contributed by atoms with Crippen molar-refractivity contribution >= 4 is 35.5 Å². The molecule has 18 heavy (non-hydrogen) atoms. The minimum atomic E-state index is -0.521. The van der Waals surface area contributed by atoms with Crippen LogP contribution in [0.3, 0.4) is 0 Å². The monoisotopic (exact) mass is 275 g/mol. The Morgan fingerprint density at radius 2 is 1.39 bits per heavy atom. The van der Waals surface area contributed by atoms with Crippen LogP contribution in [0.2, 0.25) is 0 Å². The summed E-state index contributed by atoms with van der Waals surface area (Å²) in [6.07, 6.45) is 0. The van der Waals surface area contributed by atoms with Crippen LogP contribution in [0.25, 0.3) is 0 Å². The predicted molar refractivity (Wildman–Crippen MR) is 81.1 cm³/mol. The lowest BCUT2D eigenvalue weighted by atomic mass is 10.4. The number of hydrogen-bond acceptors (Lipinski definition) is 2. The standard InChI is InChI=1S/C14H14NOPS/c15-14(16)18-11-17(12-7-3-1-4-8-12)13-9-5-2-6-10-13/h1-10H,11H2,(H2,15,16). The summed E-state index contributed by atoms with van der Waals surface area (Å²) in [4.78, 5) is 11.0. The van der Waals surface area contributed by atoms with E-state index < -0.39 is 7.92 Å². The molecule has 0 aliphatic rings. The molecule has 0 saturated carbocycles. The molecule has 0 atom stereocenters. The van der Waals surface area contributed by atoms with Gasteiger partial charge in [0.25, 0.3) is 5.24 Å². The first kappa shape index (κ1) is 13.1. The van der Waals surface area contributed by atoms with Crippen LogP contribution in [-0.2, 0) is 0 Å². The lowest BCUT2D eigenvalue weighted by Gasteiger charge is -2.17. The first-order valence-corrected chi connectivity index (χ1v) is 8.08. The highest BCUT2D eigenvalue weighted by molar-refractivity contribution is 8.18. The van der Waals surface area contributed by atoms with E-state index in [1.54, 1.807) is 0 Å². The number of rotatable bonds is 4. The van der Waals surface area contributed by atoms with Gasteiger partial charge in [0.05, 0.1) is 0 Å². The highest BCUT2D eigenvalue weighted by Crippen LogP contribution is 2.37. The Morgan fingerprint density at radius 1 is 0.944 bits per heavy atom. The van der Waals surface area contributed by atoms with Gasteiger partial charge in [-0.3, -0.25) is 4.79 Å². The lowest BCUT2D eigenvalue weighted by Crippen LogP contribution is -2.14. The van der Waals surface area contributed by atoms with Crippen molar-refractivity contribution in [3.05, 3.63) is 60.7 Å². The van der Waals surface area contributed by atoms with Crippen molar-refractivity contribution in [3.63, 3.8) is 0 Å². The van der Waals surface area contributed by atoms with Crippen molar-refractivity contribution in [1.29, 1.82) is 0 Å². The Labute approximate surface area is 112 Å². The Bertz CT molecular complexity index is 464. The summed E-state index contributed by atoms with van der Waals surface area (Å²) in [6, 6.07) is 20.6. The molecule has 0 unspecified atom stereocenters. The van der Waals surface area contributed by atoms with Gasteiger partial charge in [-0.15, -0.1) is 0 Å². The van der Waals surface area contributed by atoms with Gasteiger partial charge in [0.1, 0.15) is 0 Å². The van der Waals surface area contributed by atoms with Gasteiger partial charge in [-0.1, -0.05) is 72.4 Å². The Balaban J connectivity index is 2.26. The molecule has 0 aliphatic carbocycles. The van der Waals surface area contributed by atoms with Crippen molar-refractivity contribution in [2.45, 2.75) is 0 Å². The fourth-order valence-electron chi connectivity index (χ4n) is 1.64. The van der Waals surface area contributed by atoms with Crippen molar-refractivity contribution in [1.82, 2.24) is 0 Å². The topological polar surface area (TPSA) is 43.1 Å². The van der Waals surface area contributed by atoms with Crippen LogP contribution in [0.5, 0.6) is 0 Å². The largest absolute Gasteiger partial charge is 0.361 e. The number of carbonyl (C=O) groups excluding carboxylic acids is 1. The third kappa shape index (κ3) is 3.59. The van der Waals surface area contributed by atoms with Crippen molar-refractivity contribution < 1.29 is 4.79 Å². The molecule has 0 bridgehead atoms. The van der Waals surface area contributed by atoms with Crippen LogP contribution >= 0.6 is 19.7 Å². The van der Waals surface area contributed by atoms with Crippen LogP contribution in [0.15, 0.2) is 60.7 Å². The zero-order valence-corrected chi connectivity index (χ0v) is 11.5. The summed E-state index contributed by atoms with van der Waals surface area (Å²) in [6.45, 7) is 0. The smallest absolute Gasteiger partial charge is 0.276 e. The molecule has 2 N–H and O–H groups in total. The number of primary amides is 1. The zero-order chi connectivity index (χ0) is 12.8.